The van der Waals surface area contributed by atoms with Gasteiger partial charge in [0.05, 0.1) is 12.8 Å². The van der Waals surface area contributed by atoms with E-state index in [1.807, 2.05) is 0 Å². The van der Waals surface area contributed by atoms with Crippen molar-refractivity contribution in [2.24, 2.45) is 0 Å². The SMILES string of the molecule is O=C(CN1CCN(C2CCOCC2)CC1)Nc1nc(-c2ccco2)c(C(=O)c2ccccn2)s1. The molecule has 2 fully saturated rings. The second kappa shape index (κ2) is 10.6. The van der Waals surface area contributed by atoms with Crippen molar-refractivity contribution in [1.82, 2.24) is 19.8 Å². The molecule has 10 heteroatoms. The first kappa shape index (κ1) is 22.9. The van der Waals surface area contributed by atoms with Crippen LogP contribution in [-0.4, -0.2) is 83.4 Å². The van der Waals surface area contributed by atoms with E-state index in [1.165, 1.54) is 6.26 Å². The number of hydrogen-bond donors (Lipinski definition) is 1. The van der Waals surface area contributed by atoms with Crippen LogP contribution >= 0.6 is 11.3 Å². The zero-order valence-electron chi connectivity index (χ0n) is 18.8. The fourth-order valence-electron chi connectivity index (χ4n) is 4.42. The lowest BCUT2D eigenvalue weighted by atomic mass is 10.1. The molecule has 0 radical (unpaired) electrons. The van der Waals surface area contributed by atoms with Gasteiger partial charge in [0, 0.05) is 51.6 Å². The van der Waals surface area contributed by atoms with Crippen molar-refractivity contribution in [3.05, 3.63) is 53.4 Å². The van der Waals surface area contributed by atoms with E-state index in [1.54, 1.807) is 36.5 Å². The summed E-state index contributed by atoms with van der Waals surface area (Å²) in [6.07, 6.45) is 5.28. The molecule has 9 nitrogen and oxygen atoms in total. The average molecular weight is 482 g/mol. The van der Waals surface area contributed by atoms with Gasteiger partial charge in [-0.15, -0.1) is 0 Å². The molecule has 34 heavy (non-hydrogen) atoms. The van der Waals surface area contributed by atoms with Crippen molar-refractivity contribution in [1.29, 1.82) is 0 Å². The van der Waals surface area contributed by atoms with E-state index < -0.39 is 0 Å². The van der Waals surface area contributed by atoms with Crippen molar-refractivity contribution in [3.8, 4) is 11.5 Å². The molecule has 0 bridgehead atoms. The van der Waals surface area contributed by atoms with Crippen LogP contribution in [0.1, 0.15) is 28.2 Å². The first-order valence-electron chi connectivity index (χ1n) is 11.5. The van der Waals surface area contributed by atoms with E-state index in [9.17, 15) is 9.59 Å². The van der Waals surface area contributed by atoms with E-state index >= 15 is 0 Å². The Labute approximate surface area is 201 Å². The van der Waals surface area contributed by atoms with Gasteiger partial charge in [-0.1, -0.05) is 17.4 Å². The van der Waals surface area contributed by atoms with Crippen LogP contribution in [0.5, 0.6) is 0 Å². The van der Waals surface area contributed by atoms with E-state index in [4.69, 9.17) is 9.15 Å². The van der Waals surface area contributed by atoms with E-state index in [2.05, 4.69) is 25.1 Å². The molecular weight excluding hydrogens is 454 g/mol. The van der Waals surface area contributed by atoms with Crippen LogP contribution in [0.3, 0.4) is 0 Å². The number of nitrogens with one attached hydrogen (secondary N) is 1. The number of amides is 1. The van der Waals surface area contributed by atoms with Gasteiger partial charge in [-0.05, 0) is 37.1 Å². The van der Waals surface area contributed by atoms with Gasteiger partial charge in [0.15, 0.2) is 10.9 Å². The molecule has 2 aliphatic heterocycles. The zero-order valence-corrected chi connectivity index (χ0v) is 19.6. The molecule has 1 amide bonds. The van der Waals surface area contributed by atoms with Crippen molar-refractivity contribution >= 4 is 28.2 Å². The number of nitrogens with zero attached hydrogens (tertiary/aromatic N) is 4. The van der Waals surface area contributed by atoms with Crippen LogP contribution in [0.15, 0.2) is 47.2 Å². The van der Waals surface area contributed by atoms with Gasteiger partial charge >= 0.3 is 0 Å². The number of thiazole rings is 1. The fourth-order valence-corrected chi connectivity index (χ4v) is 5.36. The molecule has 1 N–H and O–H groups in total. The normalized spacial score (nSPS) is 18.1. The predicted octanol–water partition coefficient (Wildman–Crippen LogP) is 2.76. The molecule has 2 saturated heterocycles. The van der Waals surface area contributed by atoms with E-state index in [0.717, 1.165) is 63.6 Å². The second-order valence-electron chi connectivity index (χ2n) is 8.42. The Morgan fingerprint density at radius 2 is 1.91 bits per heavy atom. The highest BCUT2D eigenvalue weighted by Gasteiger charge is 2.27. The minimum Gasteiger partial charge on any atom is -0.463 e. The van der Waals surface area contributed by atoms with Crippen LogP contribution in [0.4, 0.5) is 5.13 Å². The molecule has 0 unspecified atom stereocenters. The zero-order chi connectivity index (χ0) is 23.3. The van der Waals surface area contributed by atoms with Crippen LogP contribution in [0, 0.1) is 0 Å². The Morgan fingerprint density at radius 3 is 2.62 bits per heavy atom. The third-order valence-corrected chi connectivity index (χ3v) is 7.18. The maximum atomic E-state index is 13.1. The maximum absolute atomic E-state index is 13.1. The lowest BCUT2D eigenvalue weighted by Gasteiger charge is -2.40. The van der Waals surface area contributed by atoms with Crippen LogP contribution < -0.4 is 5.32 Å². The number of furan rings is 1. The number of anilines is 1. The fraction of sp³-hybridized carbons (Fsp3) is 0.417. The van der Waals surface area contributed by atoms with Crippen LogP contribution in [-0.2, 0) is 9.53 Å². The molecule has 0 aromatic carbocycles. The monoisotopic (exact) mass is 481 g/mol. The molecular formula is C24H27N5O4S. The molecule has 178 valence electrons. The number of pyridine rings is 1. The van der Waals surface area contributed by atoms with E-state index in [-0.39, 0.29) is 11.7 Å². The van der Waals surface area contributed by atoms with Crippen molar-refractivity contribution < 1.29 is 18.7 Å². The highest BCUT2D eigenvalue weighted by molar-refractivity contribution is 7.18. The summed E-state index contributed by atoms with van der Waals surface area (Å²) in [7, 11) is 0. The Bertz CT molecular complexity index is 1100. The summed E-state index contributed by atoms with van der Waals surface area (Å²) in [6.45, 7) is 5.59. The number of carbonyl (C=O) groups is 2. The van der Waals surface area contributed by atoms with Gasteiger partial charge in [-0.2, -0.15) is 0 Å². The molecule has 0 spiro atoms. The Balaban J connectivity index is 1.23. The summed E-state index contributed by atoms with van der Waals surface area (Å²) < 4.78 is 11.0. The smallest absolute Gasteiger partial charge is 0.240 e. The summed E-state index contributed by atoms with van der Waals surface area (Å²) in [5.41, 5.74) is 0.727. The second-order valence-corrected chi connectivity index (χ2v) is 9.42. The summed E-state index contributed by atoms with van der Waals surface area (Å²) in [5, 5.41) is 3.25. The first-order chi connectivity index (χ1) is 16.7. The van der Waals surface area contributed by atoms with E-state index in [0.29, 0.717) is 39.7 Å². The Kier molecular flexibility index (Phi) is 7.10. The number of ether oxygens (including phenoxy) is 1. The van der Waals surface area contributed by atoms with Gasteiger partial charge in [0.2, 0.25) is 11.7 Å². The predicted molar refractivity (Wildman–Crippen MR) is 128 cm³/mol. The number of carbonyl (C=O) groups excluding carboxylic acids is 2. The summed E-state index contributed by atoms with van der Waals surface area (Å²) >= 11 is 1.14. The Hall–Kier alpha value is -2.92. The minimum absolute atomic E-state index is 0.143. The highest BCUT2D eigenvalue weighted by atomic mass is 32.1. The number of hydrogen-bond acceptors (Lipinski definition) is 9. The van der Waals surface area contributed by atoms with Crippen LogP contribution in [0.25, 0.3) is 11.5 Å². The largest absolute Gasteiger partial charge is 0.463 e. The van der Waals surface area contributed by atoms with Gasteiger partial charge in [0.1, 0.15) is 16.3 Å². The highest BCUT2D eigenvalue weighted by Crippen LogP contribution is 2.33. The Morgan fingerprint density at radius 1 is 1.09 bits per heavy atom. The third kappa shape index (κ3) is 5.25. The molecule has 0 aliphatic carbocycles. The standard InChI is InChI=1S/C24H27N5O4S/c30-20(16-28-9-11-29(12-10-28)17-6-14-32-15-7-17)26-24-27-21(19-5-3-13-33-19)23(34-24)22(31)18-4-1-2-8-25-18/h1-5,8,13,17H,6-7,9-12,14-16H2,(H,26,27,30). The number of ketones is 1. The first-order valence-corrected chi connectivity index (χ1v) is 12.3. The summed E-state index contributed by atoms with van der Waals surface area (Å²) in [4.78, 5) is 39.6. The van der Waals surface area contributed by atoms with Gasteiger partial charge in [-0.25, -0.2) is 4.98 Å². The van der Waals surface area contributed by atoms with Crippen molar-refractivity contribution in [2.45, 2.75) is 18.9 Å². The lowest BCUT2D eigenvalue weighted by Crippen LogP contribution is -2.52. The van der Waals surface area contributed by atoms with Gasteiger partial charge in [-0.3, -0.25) is 24.4 Å². The van der Waals surface area contributed by atoms with Gasteiger partial charge in [0.25, 0.3) is 0 Å². The minimum atomic E-state index is -0.255. The summed E-state index contributed by atoms with van der Waals surface area (Å²) in [5.74, 6) is 0.0746. The molecule has 5 heterocycles. The molecule has 3 aromatic heterocycles. The molecule has 0 saturated carbocycles. The van der Waals surface area contributed by atoms with Gasteiger partial charge < -0.3 is 14.5 Å². The lowest BCUT2D eigenvalue weighted by molar-refractivity contribution is -0.117. The average Bonchev–Trinajstić information content (AvgIpc) is 3.55. The summed E-state index contributed by atoms with van der Waals surface area (Å²) in [6, 6.07) is 9.25. The molecule has 5 rings (SSSR count). The molecule has 2 aliphatic rings. The topological polar surface area (TPSA) is 101 Å². The number of aromatic nitrogens is 2. The quantitative estimate of drug-likeness (QED) is 0.514. The maximum Gasteiger partial charge on any atom is 0.240 e. The molecule has 0 atom stereocenters. The number of piperazine rings is 1. The number of rotatable bonds is 7. The van der Waals surface area contributed by atoms with Crippen molar-refractivity contribution in [3.63, 3.8) is 0 Å². The third-order valence-electron chi connectivity index (χ3n) is 6.21. The molecule has 3 aromatic rings. The van der Waals surface area contributed by atoms with Crippen molar-refractivity contribution in [2.75, 3.05) is 51.3 Å². The van der Waals surface area contributed by atoms with Crippen LogP contribution in [0.2, 0.25) is 0 Å².